The number of carbonyl (C=O) groups is 1. The van der Waals surface area contributed by atoms with E-state index in [1.165, 1.54) is 6.20 Å². The van der Waals surface area contributed by atoms with E-state index in [9.17, 15) is 4.79 Å². The standard InChI is InChI=1S/C9H14N4O/c1-3-6(2)12-8-5-11-4-7(13-8)9(10)14/h4-6H,3H2,1-2H3,(H2,10,14)(H,12,13). The smallest absolute Gasteiger partial charge is 0.268 e. The Labute approximate surface area is 82.7 Å². The van der Waals surface area contributed by atoms with Gasteiger partial charge in [0.1, 0.15) is 11.5 Å². The molecule has 5 heteroatoms. The van der Waals surface area contributed by atoms with E-state index < -0.39 is 5.91 Å². The van der Waals surface area contributed by atoms with Crippen LogP contribution in [0.15, 0.2) is 12.4 Å². The minimum atomic E-state index is -0.565. The van der Waals surface area contributed by atoms with Gasteiger partial charge in [0, 0.05) is 6.04 Å². The second-order valence-electron chi connectivity index (χ2n) is 3.11. The largest absolute Gasteiger partial charge is 0.366 e. The van der Waals surface area contributed by atoms with Crippen molar-refractivity contribution in [3.63, 3.8) is 0 Å². The fourth-order valence-electron chi connectivity index (χ4n) is 0.909. The van der Waals surface area contributed by atoms with Crippen molar-refractivity contribution < 1.29 is 4.79 Å². The lowest BCUT2D eigenvalue weighted by Crippen LogP contribution is -2.18. The quantitative estimate of drug-likeness (QED) is 0.742. The number of nitrogens with one attached hydrogen (secondary N) is 1. The number of anilines is 1. The van der Waals surface area contributed by atoms with Gasteiger partial charge >= 0.3 is 0 Å². The second kappa shape index (κ2) is 4.55. The molecule has 0 radical (unpaired) electrons. The van der Waals surface area contributed by atoms with Gasteiger partial charge in [-0.3, -0.25) is 9.78 Å². The first-order valence-corrected chi connectivity index (χ1v) is 4.52. The molecule has 76 valence electrons. The third-order valence-corrected chi connectivity index (χ3v) is 1.89. The lowest BCUT2D eigenvalue weighted by Gasteiger charge is -2.11. The maximum absolute atomic E-state index is 10.8. The van der Waals surface area contributed by atoms with Gasteiger partial charge in [0.25, 0.3) is 5.91 Å². The molecule has 0 bridgehead atoms. The van der Waals surface area contributed by atoms with Gasteiger partial charge in [-0.15, -0.1) is 0 Å². The molecule has 0 saturated heterocycles. The average Bonchev–Trinajstić information content (AvgIpc) is 2.18. The van der Waals surface area contributed by atoms with Crippen molar-refractivity contribution in [2.24, 2.45) is 5.73 Å². The van der Waals surface area contributed by atoms with Gasteiger partial charge in [-0.1, -0.05) is 6.92 Å². The lowest BCUT2D eigenvalue weighted by molar-refractivity contribution is 0.0995. The zero-order valence-electron chi connectivity index (χ0n) is 8.32. The number of primary amides is 1. The van der Waals surface area contributed by atoms with Gasteiger partial charge in [0.15, 0.2) is 0 Å². The minimum absolute atomic E-state index is 0.179. The van der Waals surface area contributed by atoms with Crippen LogP contribution in [0, 0.1) is 0 Å². The monoisotopic (exact) mass is 194 g/mol. The Hall–Kier alpha value is -1.65. The minimum Gasteiger partial charge on any atom is -0.366 e. The third-order valence-electron chi connectivity index (χ3n) is 1.89. The molecule has 1 amide bonds. The zero-order chi connectivity index (χ0) is 10.6. The van der Waals surface area contributed by atoms with Crippen molar-refractivity contribution in [1.82, 2.24) is 9.97 Å². The zero-order valence-corrected chi connectivity index (χ0v) is 8.32. The molecule has 14 heavy (non-hydrogen) atoms. The Morgan fingerprint density at radius 1 is 1.64 bits per heavy atom. The van der Waals surface area contributed by atoms with Crippen LogP contribution in [0.4, 0.5) is 5.82 Å². The van der Waals surface area contributed by atoms with Crippen molar-refractivity contribution in [2.45, 2.75) is 26.3 Å². The number of carbonyl (C=O) groups excluding carboxylic acids is 1. The lowest BCUT2D eigenvalue weighted by atomic mass is 10.3. The fourth-order valence-corrected chi connectivity index (χ4v) is 0.909. The normalized spacial score (nSPS) is 12.1. The van der Waals surface area contributed by atoms with Gasteiger partial charge in [-0.25, -0.2) is 4.98 Å². The number of amides is 1. The highest BCUT2D eigenvalue weighted by Crippen LogP contribution is 2.05. The first-order valence-electron chi connectivity index (χ1n) is 4.52. The topological polar surface area (TPSA) is 80.9 Å². The van der Waals surface area contributed by atoms with Gasteiger partial charge in [0.2, 0.25) is 0 Å². The van der Waals surface area contributed by atoms with E-state index in [1.54, 1.807) is 6.20 Å². The van der Waals surface area contributed by atoms with Crippen LogP contribution in [0.3, 0.4) is 0 Å². The third kappa shape index (κ3) is 2.69. The summed E-state index contributed by atoms with van der Waals surface area (Å²) >= 11 is 0. The van der Waals surface area contributed by atoms with E-state index in [0.29, 0.717) is 11.9 Å². The first kappa shape index (κ1) is 10.4. The molecular formula is C9H14N4O. The maximum atomic E-state index is 10.8. The van der Waals surface area contributed by atoms with Crippen molar-refractivity contribution in [2.75, 3.05) is 5.32 Å². The summed E-state index contributed by atoms with van der Waals surface area (Å²) in [6.45, 7) is 4.08. The van der Waals surface area contributed by atoms with Gasteiger partial charge in [-0.05, 0) is 13.3 Å². The van der Waals surface area contributed by atoms with E-state index in [4.69, 9.17) is 5.73 Å². The number of rotatable bonds is 4. The molecular weight excluding hydrogens is 180 g/mol. The Balaban J connectivity index is 2.78. The Morgan fingerprint density at radius 3 is 2.93 bits per heavy atom. The predicted octanol–water partition coefficient (Wildman–Crippen LogP) is 0.786. The Bertz CT molecular complexity index is 326. The molecule has 0 aliphatic rings. The van der Waals surface area contributed by atoms with Crippen LogP contribution in [-0.2, 0) is 0 Å². The number of hydrogen-bond donors (Lipinski definition) is 2. The van der Waals surface area contributed by atoms with Crippen molar-refractivity contribution in [1.29, 1.82) is 0 Å². The molecule has 1 aromatic rings. The molecule has 0 saturated carbocycles. The summed E-state index contributed by atoms with van der Waals surface area (Å²) in [5.74, 6) is 0.0148. The van der Waals surface area contributed by atoms with E-state index in [2.05, 4.69) is 22.2 Å². The molecule has 0 spiro atoms. The number of nitrogens with zero attached hydrogens (tertiary/aromatic N) is 2. The van der Waals surface area contributed by atoms with Crippen molar-refractivity contribution >= 4 is 11.7 Å². The highest BCUT2D eigenvalue weighted by atomic mass is 16.1. The van der Waals surface area contributed by atoms with E-state index in [0.717, 1.165) is 6.42 Å². The Kier molecular flexibility index (Phi) is 3.39. The van der Waals surface area contributed by atoms with Gasteiger partial charge < -0.3 is 11.1 Å². The molecule has 1 heterocycles. The maximum Gasteiger partial charge on any atom is 0.268 e. The van der Waals surface area contributed by atoms with Gasteiger partial charge in [-0.2, -0.15) is 0 Å². The van der Waals surface area contributed by atoms with Crippen LogP contribution in [-0.4, -0.2) is 21.9 Å². The SMILES string of the molecule is CCC(C)Nc1cncc(C(N)=O)n1. The summed E-state index contributed by atoms with van der Waals surface area (Å²) in [5, 5.41) is 3.11. The van der Waals surface area contributed by atoms with Crippen LogP contribution >= 0.6 is 0 Å². The average molecular weight is 194 g/mol. The van der Waals surface area contributed by atoms with Gasteiger partial charge in [0.05, 0.1) is 12.4 Å². The number of aromatic nitrogens is 2. The highest BCUT2D eigenvalue weighted by molar-refractivity contribution is 5.90. The van der Waals surface area contributed by atoms with Crippen molar-refractivity contribution in [3.05, 3.63) is 18.1 Å². The summed E-state index contributed by atoms with van der Waals surface area (Å²) in [7, 11) is 0. The van der Waals surface area contributed by atoms with Crippen LogP contribution in [0.1, 0.15) is 30.8 Å². The van der Waals surface area contributed by atoms with E-state index in [-0.39, 0.29) is 5.69 Å². The second-order valence-corrected chi connectivity index (χ2v) is 3.11. The summed E-state index contributed by atoms with van der Waals surface area (Å²) in [6.07, 6.45) is 3.89. The molecule has 3 N–H and O–H groups in total. The molecule has 5 nitrogen and oxygen atoms in total. The summed E-state index contributed by atoms with van der Waals surface area (Å²) in [4.78, 5) is 18.7. The first-order chi connectivity index (χ1) is 6.63. The van der Waals surface area contributed by atoms with Crippen LogP contribution < -0.4 is 11.1 Å². The number of hydrogen-bond acceptors (Lipinski definition) is 4. The van der Waals surface area contributed by atoms with Crippen molar-refractivity contribution in [3.8, 4) is 0 Å². The van der Waals surface area contributed by atoms with E-state index in [1.807, 2.05) is 6.92 Å². The predicted molar refractivity (Wildman–Crippen MR) is 53.9 cm³/mol. The fraction of sp³-hybridized carbons (Fsp3) is 0.444. The molecule has 0 aromatic carbocycles. The number of nitrogens with two attached hydrogens (primary N) is 1. The molecule has 1 atom stereocenters. The highest BCUT2D eigenvalue weighted by Gasteiger charge is 2.05. The van der Waals surface area contributed by atoms with Crippen LogP contribution in [0.5, 0.6) is 0 Å². The van der Waals surface area contributed by atoms with Crippen LogP contribution in [0.2, 0.25) is 0 Å². The summed E-state index contributed by atoms with van der Waals surface area (Å²) in [6, 6.07) is 0.299. The van der Waals surface area contributed by atoms with Crippen LogP contribution in [0.25, 0.3) is 0 Å². The Morgan fingerprint density at radius 2 is 2.36 bits per heavy atom. The molecule has 0 aliphatic carbocycles. The molecule has 0 aliphatic heterocycles. The molecule has 1 unspecified atom stereocenters. The molecule has 0 fully saturated rings. The molecule has 1 aromatic heterocycles. The van der Waals surface area contributed by atoms with E-state index >= 15 is 0 Å². The summed E-state index contributed by atoms with van der Waals surface area (Å²) in [5.41, 5.74) is 5.26. The summed E-state index contributed by atoms with van der Waals surface area (Å²) < 4.78 is 0. The molecule has 1 rings (SSSR count).